The predicted octanol–water partition coefficient (Wildman–Crippen LogP) is 3.90. The summed E-state index contributed by atoms with van der Waals surface area (Å²) in [5.74, 6) is 0. The van der Waals surface area contributed by atoms with Gasteiger partial charge in [-0.05, 0) is 18.6 Å². The molecule has 1 aromatic rings. The van der Waals surface area contributed by atoms with Gasteiger partial charge in [0.1, 0.15) is 0 Å². The number of hydrogen-bond donors (Lipinski definition) is 1. The van der Waals surface area contributed by atoms with Crippen molar-refractivity contribution in [3.05, 3.63) is 27.2 Å². The molecule has 78 valence electrons. The monoisotopic (exact) mass is 243 g/mol. The van der Waals surface area contributed by atoms with Gasteiger partial charge in [0.2, 0.25) is 0 Å². The number of rotatable bonds is 0. The highest BCUT2D eigenvalue weighted by atomic mass is 35.5. The van der Waals surface area contributed by atoms with Crippen molar-refractivity contribution in [1.29, 1.82) is 0 Å². The third kappa shape index (κ3) is 1.91. The van der Waals surface area contributed by atoms with Crippen molar-refractivity contribution in [3.63, 3.8) is 0 Å². The van der Waals surface area contributed by atoms with Gasteiger partial charge in [-0.3, -0.25) is 0 Å². The van der Waals surface area contributed by atoms with Crippen LogP contribution in [0.25, 0.3) is 0 Å². The van der Waals surface area contributed by atoms with Crippen LogP contribution in [0.15, 0.2) is 6.07 Å². The summed E-state index contributed by atoms with van der Waals surface area (Å²) in [5, 5.41) is -0.237. The van der Waals surface area contributed by atoms with Crippen LogP contribution in [0, 0.1) is 6.92 Å². The Morgan fingerprint density at radius 1 is 1.29 bits per heavy atom. The molecule has 0 aliphatic carbocycles. The lowest BCUT2D eigenvalue weighted by molar-refractivity contribution is -0.138. The van der Waals surface area contributed by atoms with Crippen molar-refractivity contribution < 1.29 is 13.2 Å². The van der Waals surface area contributed by atoms with Crippen molar-refractivity contribution >= 4 is 28.9 Å². The molecule has 2 N–H and O–H groups in total. The molecule has 1 nitrogen and oxygen atoms in total. The van der Waals surface area contributed by atoms with E-state index in [0.29, 0.717) is 0 Å². The summed E-state index contributed by atoms with van der Waals surface area (Å²) in [6, 6.07) is 0.773. The zero-order valence-electron chi connectivity index (χ0n) is 7.04. The molecule has 0 saturated carbocycles. The van der Waals surface area contributed by atoms with E-state index in [-0.39, 0.29) is 21.3 Å². The van der Waals surface area contributed by atoms with Gasteiger partial charge in [-0.2, -0.15) is 13.2 Å². The lowest BCUT2D eigenvalue weighted by Crippen LogP contribution is -2.09. The predicted molar refractivity (Wildman–Crippen MR) is 50.6 cm³/mol. The molecule has 1 rings (SSSR count). The number of nitrogen functional groups attached to an aromatic ring is 1. The third-order valence-corrected chi connectivity index (χ3v) is 2.63. The second kappa shape index (κ2) is 3.51. The van der Waals surface area contributed by atoms with Crippen LogP contribution in [0.4, 0.5) is 18.9 Å². The molecule has 0 radical (unpaired) electrons. The number of hydrogen-bond acceptors (Lipinski definition) is 1. The second-order valence-electron chi connectivity index (χ2n) is 2.76. The standard InChI is InChI=1S/C8H6Cl2F3N/c1-3-4(8(11,12)13)2-5(9)6(10)7(3)14/h2H,14H2,1H3. The van der Waals surface area contributed by atoms with Gasteiger partial charge >= 0.3 is 6.18 Å². The van der Waals surface area contributed by atoms with Gasteiger partial charge in [0, 0.05) is 0 Å². The van der Waals surface area contributed by atoms with Crippen molar-refractivity contribution in [2.75, 3.05) is 5.73 Å². The summed E-state index contributed by atoms with van der Waals surface area (Å²) >= 11 is 11.1. The molecule has 0 aliphatic heterocycles. The van der Waals surface area contributed by atoms with Gasteiger partial charge in [-0.15, -0.1) is 0 Å². The number of halogens is 5. The Bertz CT molecular complexity index is 374. The van der Waals surface area contributed by atoms with Crippen LogP contribution in [0.3, 0.4) is 0 Å². The molecule has 0 aromatic heterocycles. The van der Waals surface area contributed by atoms with Crippen LogP contribution in [0.1, 0.15) is 11.1 Å². The molecule has 0 atom stereocenters. The minimum atomic E-state index is -4.47. The van der Waals surface area contributed by atoms with Gasteiger partial charge in [0.05, 0.1) is 21.3 Å². The largest absolute Gasteiger partial charge is 0.416 e. The smallest absolute Gasteiger partial charge is 0.397 e. The lowest BCUT2D eigenvalue weighted by Gasteiger charge is -2.13. The summed E-state index contributed by atoms with van der Waals surface area (Å²) in [4.78, 5) is 0. The van der Waals surface area contributed by atoms with Crippen molar-refractivity contribution in [1.82, 2.24) is 0 Å². The molecular formula is C8H6Cl2F3N. The first-order valence-corrected chi connectivity index (χ1v) is 4.32. The Morgan fingerprint density at radius 2 is 1.79 bits per heavy atom. The van der Waals surface area contributed by atoms with E-state index < -0.39 is 11.7 Å². The van der Waals surface area contributed by atoms with E-state index >= 15 is 0 Å². The second-order valence-corrected chi connectivity index (χ2v) is 3.54. The quantitative estimate of drug-likeness (QED) is 0.688. The molecule has 6 heteroatoms. The average molecular weight is 244 g/mol. The summed E-state index contributed by atoms with van der Waals surface area (Å²) in [7, 11) is 0. The summed E-state index contributed by atoms with van der Waals surface area (Å²) in [6.45, 7) is 1.25. The minimum absolute atomic E-state index is 0.0443. The SMILES string of the molecule is Cc1c(C(F)(F)F)cc(Cl)c(Cl)c1N. The van der Waals surface area contributed by atoms with E-state index in [1.54, 1.807) is 0 Å². The number of anilines is 1. The van der Waals surface area contributed by atoms with E-state index in [1.165, 1.54) is 6.92 Å². The van der Waals surface area contributed by atoms with Gasteiger partial charge in [0.15, 0.2) is 0 Å². The number of alkyl halides is 3. The Kier molecular flexibility index (Phi) is 2.88. The maximum absolute atomic E-state index is 12.4. The molecule has 14 heavy (non-hydrogen) atoms. The van der Waals surface area contributed by atoms with E-state index in [1.807, 2.05) is 0 Å². The fraction of sp³-hybridized carbons (Fsp3) is 0.250. The fourth-order valence-corrected chi connectivity index (χ4v) is 1.44. The molecule has 0 spiro atoms. The molecule has 0 fully saturated rings. The van der Waals surface area contributed by atoms with Crippen molar-refractivity contribution in [3.8, 4) is 0 Å². The summed E-state index contributed by atoms with van der Waals surface area (Å²) in [6.07, 6.45) is -4.47. The molecule has 0 saturated heterocycles. The lowest BCUT2D eigenvalue weighted by atomic mass is 10.1. The van der Waals surface area contributed by atoms with E-state index in [0.717, 1.165) is 6.07 Å². The van der Waals surface area contributed by atoms with Crippen molar-refractivity contribution in [2.45, 2.75) is 13.1 Å². The molecule has 0 unspecified atom stereocenters. The maximum atomic E-state index is 12.4. The van der Waals surface area contributed by atoms with Gasteiger partial charge in [-0.1, -0.05) is 23.2 Å². The highest BCUT2D eigenvalue weighted by Crippen LogP contribution is 2.40. The van der Waals surface area contributed by atoms with Crippen LogP contribution in [0.2, 0.25) is 10.0 Å². The molecule has 0 bridgehead atoms. The van der Waals surface area contributed by atoms with Crippen LogP contribution >= 0.6 is 23.2 Å². The zero-order valence-corrected chi connectivity index (χ0v) is 8.56. The highest BCUT2D eigenvalue weighted by molar-refractivity contribution is 6.43. The van der Waals surface area contributed by atoms with Crippen LogP contribution < -0.4 is 5.73 Å². The number of nitrogens with two attached hydrogens (primary N) is 1. The Labute approximate surface area is 88.6 Å². The number of benzene rings is 1. The van der Waals surface area contributed by atoms with Crippen LogP contribution in [0.5, 0.6) is 0 Å². The third-order valence-electron chi connectivity index (χ3n) is 1.83. The fourth-order valence-electron chi connectivity index (χ4n) is 1.03. The Morgan fingerprint density at radius 3 is 2.21 bits per heavy atom. The first-order chi connectivity index (χ1) is 6.25. The average Bonchev–Trinajstić information content (AvgIpc) is 2.06. The Hall–Kier alpha value is -0.610. The molecule has 0 aliphatic rings. The van der Waals surface area contributed by atoms with Crippen molar-refractivity contribution in [2.24, 2.45) is 0 Å². The first kappa shape index (κ1) is 11.5. The summed E-state index contributed by atoms with van der Waals surface area (Å²) in [5.41, 5.74) is 4.27. The normalized spacial score (nSPS) is 11.9. The first-order valence-electron chi connectivity index (χ1n) is 3.56. The topological polar surface area (TPSA) is 26.0 Å². The summed E-state index contributed by atoms with van der Waals surface area (Å²) < 4.78 is 37.1. The van der Waals surface area contributed by atoms with E-state index in [9.17, 15) is 13.2 Å². The molecule has 1 aromatic carbocycles. The van der Waals surface area contributed by atoms with Crippen LogP contribution in [-0.2, 0) is 6.18 Å². The molecular weight excluding hydrogens is 238 g/mol. The van der Waals surface area contributed by atoms with Gasteiger partial charge < -0.3 is 5.73 Å². The molecule has 0 amide bonds. The maximum Gasteiger partial charge on any atom is 0.416 e. The van der Waals surface area contributed by atoms with E-state index in [4.69, 9.17) is 28.9 Å². The zero-order chi connectivity index (χ0) is 11.1. The Balaban J connectivity index is 3.49. The highest BCUT2D eigenvalue weighted by Gasteiger charge is 2.34. The van der Waals surface area contributed by atoms with Gasteiger partial charge in [0.25, 0.3) is 0 Å². The molecule has 0 heterocycles. The van der Waals surface area contributed by atoms with Crippen LogP contribution in [-0.4, -0.2) is 0 Å². The minimum Gasteiger partial charge on any atom is -0.397 e. The van der Waals surface area contributed by atoms with Gasteiger partial charge in [-0.25, -0.2) is 0 Å². The van der Waals surface area contributed by atoms with E-state index in [2.05, 4.69) is 0 Å².